The maximum atomic E-state index is 10.9. The maximum absolute atomic E-state index is 10.9. The van der Waals surface area contributed by atoms with E-state index in [0.29, 0.717) is 5.65 Å². The first-order valence-corrected chi connectivity index (χ1v) is 5.53. The fourth-order valence-electron chi connectivity index (χ4n) is 1.86. The molecule has 0 aromatic carbocycles. The average Bonchev–Trinajstić information content (AvgIpc) is 2.55. The van der Waals surface area contributed by atoms with Crippen LogP contribution in [0.5, 0.6) is 0 Å². The average molecular weight is 233 g/mol. The van der Waals surface area contributed by atoms with Crippen LogP contribution in [0, 0.1) is 6.92 Å². The van der Waals surface area contributed by atoms with Crippen molar-refractivity contribution in [1.82, 2.24) is 14.5 Å². The highest BCUT2D eigenvalue weighted by atomic mass is 16.4. The van der Waals surface area contributed by atoms with Gasteiger partial charge in [0.2, 0.25) is 0 Å². The van der Waals surface area contributed by atoms with E-state index in [-0.39, 0.29) is 12.5 Å². The van der Waals surface area contributed by atoms with Gasteiger partial charge in [-0.25, -0.2) is 9.97 Å². The number of rotatable bonds is 3. The van der Waals surface area contributed by atoms with Gasteiger partial charge in [0.1, 0.15) is 17.9 Å². The molecule has 1 N–H and O–H groups in total. The summed E-state index contributed by atoms with van der Waals surface area (Å²) >= 11 is 0. The number of aryl methyl sites for hydroxylation is 1. The minimum Gasteiger partial charge on any atom is -0.480 e. The number of carboxylic acids is 1. The Bertz CT molecular complexity index is 572. The van der Waals surface area contributed by atoms with Gasteiger partial charge in [-0.15, -0.1) is 0 Å². The molecule has 0 aliphatic carbocycles. The van der Waals surface area contributed by atoms with Crippen LogP contribution in [0.15, 0.2) is 12.3 Å². The molecule has 2 aromatic heterocycles. The van der Waals surface area contributed by atoms with E-state index in [1.165, 1.54) is 0 Å². The number of carboxylic acid groups (broad SMARTS) is 1. The van der Waals surface area contributed by atoms with E-state index in [1.807, 2.05) is 26.8 Å². The summed E-state index contributed by atoms with van der Waals surface area (Å²) in [6.45, 7) is 5.83. The Hall–Kier alpha value is -1.91. The Balaban J connectivity index is 2.66. The Morgan fingerprint density at radius 2 is 2.24 bits per heavy atom. The van der Waals surface area contributed by atoms with Gasteiger partial charge < -0.3 is 9.67 Å². The number of nitrogens with zero attached hydrogens (tertiary/aromatic N) is 3. The van der Waals surface area contributed by atoms with Crippen molar-refractivity contribution in [1.29, 1.82) is 0 Å². The molecular weight excluding hydrogens is 218 g/mol. The molecule has 5 heteroatoms. The van der Waals surface area contributed by atoms with Crippen LogP contribution in [0.3, 0.4) is 0 Å². The van der Waals surface area contributed by atoms with E-state index >= 15 is 0 Å². The zero-order valence-electron chi connectivity index (χ0n) is 10.1. The number of imidazole rings is 1. The van der Waals surface area contributed by atoms with Gasteiger partial charge in [0.05, 0.1) is 0 Å². The molecule has 0 spiro atoms. The summed E-state index contributed by atoms with van der Waals surface area (Å²) < 4.78 is 1.67. The van der Waals surface area contributed by atoms with Gasteiger partial charge in [0.15, 0.2) is 5.65 Å². The maximum Gasteiger partial charge on any atom is 0.323 e. The highest BCUT2D eigenvalue weighted by Gasteiger charge is 2.16. The summed E-state index contributed by atoms with van der Waals surface area (Å²) in [5, 5.41) is 8.93. The fourth-order valence-corrected chi connectivity index (χ4v) is 1.86. The van der Waals surface area contributed by atoms with E-state index in [1.54, 1.807) is 10.8 Å². The van der Waals surface area contributed by atoms with Crippen LogP contribution in [0.4, 0.5) is 0 Å². The Kier molecular flexibility index (Phi) is 2.83. The Morgan fingerprint density at radius 3 is 2.82 bits per heavy atom. The highest BCUT2D eigenvalue weighted by molar-refractivity contribution is 5.75. The minimum atomic E-state index is -0.881. The van der Waals surface area contributed by atoms with Crippen molar-refractivity contribution in [3.8, 4) is 0 Å². The van der Waals surface area contributed by atoms with Crippen LogP contribution in [0.2, 0.25) is 0 Å². The molecular formula is C12H15N3O2. The third kappa shape index (κ3) is 2.13. The molecule has 0 aliphatic rings. The molecule has 5 nitrogen and oxygen atoms in total. The zero-order valence-corrected chi connectivity index (χ0v) is 10.1. The van der Waals surface area contributed by atoms with Crippen LogP contribution in [0.25, 0.3) is 11.2 Å². The Labute approximate surface area is 99.1 Å². The molecule has 0 unspecified atom stereocenters. The van der Waals surface area contributed by atoms with Gasteiger partial charge in [-0.3, -0.25) is 4.79 Å². The van der Waals surface area contributed by atoms with E-state index in [9.17, 15) is 4.79 Å². The first-order valence-electron chi connectivity index (χ1n) is 5.53. The van der Waals surface area contributed by atoms with Crippen LogP contribution in [-0.2, 0) is 11.3 Å². The summed E-state index contributed by atoms with van der Waals surface area (Å²) in [7, 11) is 0. The molecule has 17 heavy (non-hydrogen) atoms. The standard InChI is InChI=1S/C12H15N3O2/c1-7(2)11-14-9-4-8(3)5-13-12(9)15(11)6-10(16)17/h4-5,7H,6H2,1-3H3,(H,16,17). The molecule has 90 valence electrons. The van der Waals surface area contributed by atoms with Gasteiger partial charge in [-0.05, 0) is 18.6 Å². The number of aliphatic carboxylic acids is 1. The van der Waals surface area contributed by atoms with Crippen molar-refractivity contribution in [3.05, 3.63) is 23.7 Å². The molecule has 0 fully saturated rings. The van der Waals surface area contributed by atoms with Crippen molar-refractivity contribution in [2.45, 2.75) is 33.2 Å². The first-order chi connectivity index (χ1) is 7.99. The smallest absolute Gasteiger partial charge is 0.323 e. The lowest BCUT2D eigenvalue weighted by atomic mass is 10.2. The summed E-state index contributed by atoms with van der Waals surface area (Å²) in [6, 6.07) is 1.92. The number of aromatic nitrogens is 3. The first kappa shape index (κ1) is 11.6. The largest absolute Gasteiger partial charge is 0.480 e. The predicted octanol–water partition coefficient (Wildman–Crippen LogP) is 1.95. The lowest BCUT2D eigenvalue weighted by Crippen LogP contribution is -2.13. The van der Waals surface area contributed by atoms with Crippen LogP contribution in [0.1, 0.15) is 31.2 Å². The quantitative estimate of drug-likeness (QED) is 0.879. The molecule has 0 amide bonds. The Morgan fingerprint density at radius 1 is 1.53 bits per heavy atom. The van der Waals surface area contributed by atoms with Crippen molar-refractivity contribution < 1.29 is 9.90 Å². The normalized spacial score (nSPS) is 11.3. The van der Waals surface area contributed by atoms with E-state index in [0.717, 1.165) is 16.9 Å². The second kappa shape index (κ2) is 4.16. The number of hydrogen-bond donors (Lipinski definition) is 1. The fraction of sp³-hybridized carbons (Fsp3) is 0.417. The van der Waals surface area contributed by atoms with Crippen molar-refractivity contribution in [2.75, 3.05) is 0 Å². The molecule has 0 saturated heterocycles. The van der Waals surface area contributed by atoms with Gasteiger partial charge in [-0.1, -0.05) is 13.8 Å². The topological polar surface area (TPSA) is 68.0 Å². The van der Waals surface area contributed by atoms with Crippen LogP contribution >= 0.6 is 0 Å². The summed E-state index contributed by atoms with van der Waals surface area (Å²) in [5.41, 5.74) is 2.42. The third-order valence-corrected chi connectivity index (χ3v) is 2.56. The molecule has 0 aliphatic heterocycles. The van der Waals surface area contributed by atoms with E-state index in [2.05, 4.69) is 9.97 Å². The van der Waals surface area contributed by atoms with Crippen molar-refractivity contribution in [3.63, 3.8) is 0 Å². The number of fused-ring (bicyclic) bond motifs is 1. The molecule has 0 radical (unpaired) electrons. The van der Waals surface area contributed by atoms with Gasteiger partial charge in [0, 0.05) is 12.1 Å². The minimum absolute atomic E-state index is 0.0971. The lowest BCUT2D eigenvalue weighted by Gasteiger charge is -2.07. The van der Waals surface area contributed by atoms with Gasteiger partial charge >= 0.3 is 5.97 Å². The van der Waals surface area contributed by atoms with Crippen LogP contribution < -0.4 is 0 Å². The third-order valence-electron chi connectivity index (χ3n) is 2.56. The molecule has 0 atom stereocenters. The molecule has 0 saturated carbocycles. The van der Waals surface area contributed by atoms with E-state index in [4.69, 9.17) is 5.11 Å². The van der Waals surface area contributed by atoms with Crippen molar-refractivity contribution >= 4 is 17.1 Å². The lowest BCUT2D eigenvalue weighted by molar-refractivity contribution is -0.137. The number of pyridine rings is 1. The molecule has 2 rings (SSSR count). The van der Waals surface area contributed by atoms with Crippen molar-refractivity contribution in [2.24, 2.45) is 0 Å². The predicted molar refractivity (Wildman–Crippen MR) is 64.0 cm³/mol. The number of carbonyl (C=O) groups is 1. The summed E-state index contributed by atoms with van der Waals surface area (Å²) in [6.07, 6.45) is 1.73. The van der Waals surface area contributed by atoms with Crippen LogP contribution in [-0.4, -0.2) is 25.6 Å². The monoisotopic (exact) mass is 233 g/mol. The molecule has 2 heterocycles. The second-order valence-electron chi connectivity index (χ2n) is 4.46. The van der Waals surface area contributed by atoms with Gasteiger partial charge in [0.25, 0.3) is 0 Å². The zero-order chi connectivity index (χ0) is 12.6. The molecule has 2 aromatic rings. The number of hydrogen-bond acceptors (Lipinski definition) is 3. The summed E-state index contributed by atoms with van der Waals surface area (Å²) in [5.74, 6) is 0.0536. The molecule has 0 bridgehead atoms. The summed E-state index contributed by atoms with van der Waals surface area (Å²) in [4.78, 5) is 19.6. The second-order valence-corrected chi connectivity index (χ2v) is 4.46. The van der Waals surface area contributed by atoms with E-state index < -0.39 is 5.97 Å². The SMILES string of the molecule is Cc1cnc2c(c1)nc(C(C)C)n2CC(=O)O. The van der Waals surface area contributed by atoms with Gasteiger partial charge in [-0.2, -0.15) is 0 Å². The highest BCUT2D eigenvalue weighted by Crippen LogP contribution is 2.20.